The lowest BCUT2D eigenvalue weighted by atomic mass is 10.0. The van der Waals surface area contributed by atoms with Crippen LogP contribution in [0.25, 0.3) is 22.1 Å². The first-order valence-corrected chi connectivity index (χ1v) is 14.7. The van der Waals surface area contributed by atoms with Gasteiger partial charge in [-0.1, -0.05) is 24.3 Å². The maximum atomic E-state index is 13.6. The Morgan fingerprint density at radius 1 is 0.622 bits per heavy atom. The van der Waals surface area contributed by atoms with Crippen molar-refractivity contribution in [2.24, 2.45) is 0 Å². The maximum absolute atomic E-state index is 13.6. The summed E-state index contributed by atoms with van der Waals surface area (Å²) in [7, 11) is 0. The minimum atomic E-state index is -1.35. The van der Waals surface area contributed by atoms with Crippen LogP contribution in [0.1, 0.15) is 27.7 Å². The van der Waals surface area contributed by atoms with E-state index in [1.54, 1.807) is 49.5 Å². The highest BCUT2D eigenvalue weighted by Crippen LogP contribution is 2.33. The Kier molecular flexibility index (Phi) is 7.36. The van der Waals surface area contributed by atoms with E-state index in [0.29, 0.717) is 0 Å². The van der Waals surface area contributed by atoms with Crippen molar-refractivity contribution >= 4 is 45.9 Å². The molecule has 6 rings (SSSR count). The van der Waals surface area contributed by atoms with Crippen LogP contribution in [0.4, 0.5) is 9.59 Å². The number of benzene rings is 2. The molecule has 14 heteroatoms. The van der Waals surface area contributed by atoms with E-state index in [9.17, 15) is 29.4 Å². The molecule has 2 atom stereocenters. The summed E-state index contributed by atoms with van der Waals surface area (Å²) in [6.07, 6.45) is 1.02. The zero-order valence-electron chi connectivity index (χ0n) is 25.6. The van der Waals surface area contributed by atoms with Crippen LogP contribution in [0.3, 0.4) is 0 Å². The van der Waals surface area contributed by atoms with Crippen LogP contribution < -0.4 is 0 Å². The zero-order valence-corrected chi connectivity index (χ0v) is 25.6. The van der Waals surface area contributed by atoms with Gasteiger partial charge in [-0.3, -0.25) is 29.2 Å². The molecule has 0 saturated carbocycles. The van der Waals surface area contributed by atoms with Gasteiger partial charge in [0.25, 0.3) is 11.8 Å². The highest BCUT2D eigenvalue weighted by molar-refractivity contribution is 6.08. The third kappa shape index (κ3) is 5.09. The SMILES string of the molecule is CC1(C)C(=O)N(C[C@@H](O)Cn2cnc3ccccc32)C(=O)N1CN1C(=O)N(C[C@H](O)Cn2cnc3ccccc32)C(=O)C1(C)C. The molecule has 236 valence electrons. The summed E-state index contributed by atoms with van der Waals surface area (Å²) >= 11 is 0. The van der Waals surface area contributed by atoms with Gasteiger partial charge in [-0.15, -0.1) is 0 Å². The minimum absolute atomic E-state index is 0.107. The molecule has 4 heterocycles. The number of aliphatic hydroxyl groups is 2. The van der Waals surface area contributed by atoms with Crippen LogP contribution in [-0.4, -0.2) is 116 Å². The molecule has 0 unspecified atom stereocenters. The van der Waals surface area contributed by atoms with E-state index >= 15 is 0 Å². The number of aliphatic hydroxyl groups excluding tert-OH is 2. The average Bonchev–Trinajstić information content (AvgIpc) is 3.68. The number of hydrogen-bond acceptors (Lipinski definition) is 8. The largest absolute Gasteiger partial charge is 0.389 e. The van der Waals surface area contributed by atoms with Crippen molar-refractivity contribution in [3.05, 3.63) is 61.2 Å². The highest BCUT2D eigenvalue weighted by Gasteiger charge is 2.57. The third-order valence-electron chi connectivity index (χ3n) is 8.75. The smallest absolute Gasteiger partial charge is 0.329 e. The van der Waals surface area contributed by atoms with Crippen molar-refractivity contribution in [3.63, 3.8) is 0 Å². The third-order valence-corrected chi connectivity index (χ3v) is 8.75. The van der Waals surface area contributed by atoms with Gasteiger partial charge in [0.05, 0.1) is 73.1 Å². The molecule has 4 aromatic rings. The van der Waals surface area contributed by atoms with Gasteiger partial charge in [0.1, 0.15) is 17.7 Å². The molecule has 2 fully saturated rings. The second-order valence-corrected chi connectivity index (χ2v) is 12.6. The highest BCUT2D eigenvalue weighted by atomic mass is 16.3. The predicted octanol–water partition coefficient (Wildman–Crippen LogP) is 1.85. The number of imidazole rings is 2. The van der Waals surface area contributed by atoms with Crippen molar-refractivity contribution < 1.29 is 29.4 Å². The number of para-hydroxylation sites is 4. The monoisotopic (exact) mass is 616 g/mol. The zero-order chi connectivity index (χ0) is 32.3. The number of amides is 6. The summed E-state index contributed by atoms with van der Waals surface area (Å²) in [6.45, 7) is 5.61. The molecule has 6 amide bonds. The summed E-state index contributed by atoms with van der Waals surface area (Å²) in [5.74, 6) is -1.06. The second-order valence-electron chi connectivity index (χ2n) is 12.6. The molecular formula is C31H36N8O6. The van der Waals surface area contributed by atoms with Crippen LogP contribution in [0, 0.1) is 0 Å². The molecule has 0 spiro atoms. The molecule has 2 saturated heterocycles. The fourth-order valence-corrected chi connectivity index (χ4v) is 6.08. The first-order chi connectivity index (χ1) is 21.3. The van der Waals surface area contributed by atoms with Gasteiger partial charge in [0.2, 0.25) is 0 Å². The summed E-state index contributed by atoms with van der Waals surface area (Å²) in [5, 5.41) is 21.8. The van der Waals surface area contributed by atoms with Crippen LogP contribution in [0.15, 0.2) is 61.2 Å². The standard InChI is InChI=1S/C31H36N8O6/c1-30(2)26(42)36(15-20(40)13-34-17-32-22-9-5-7-11-24(22)34)28(44)38(30)19-39-29(45)37(27(43)31(39,3)4)16-21(41)14-35-18-33-23-10-6-8-12-25(23)35/h5-12,17-18,20-21,40-41H,13-16,19H2,1-4H3/t20-,21+. The number of fused-ring (bicyclic) bond motifs is 2. The molecule has 2 N–H and O–H groups in total. The summed E-state index contributed by atoms with van der Waals surface area (Å²) < 4.78 is 3.51. The number of rotatable bonds is 10. The first-order valence-electron chi connectivity index (χ1n) is 14.7. The van der Waals surface area contributed by atoms with Gasteiger partial charge in [-0.2, -0.15) is 0 Å². The van der Waals surface area contributed by atoms with Crippen LogP contribution in [0.2, 0.25) is 0 Å². The number of aromatic nitrogens is 4. The molecule has 2 aromatic carbocycles. The van der Waals surface area contributed by atoms with Crippen molar-refractivity contribution in [1.82, 2.24) is 38.7 Å². The molecule has 2 aromatic heterocycles. The van der Waals surface area contributed by atoms with Crippen LogP contribution in [0.5, 0.6) is 0 Å². The van der Waals surface area contributed by atoms with Crippen molar-refractivity contribution in [2.75, 3.05) is 19.8 Å². The fraction of sp³-hybridized carbons (Fsp3) is 0.419. The number of carbonyl (C=O) groups is 4. The summed E-state index contributed by atoms with van der Waals surface area (Å²) in [4.78, 5) is 67.2. The quantitative estimate of drug-likeness (QED) is 0.256. The molecule has 0 bridgehead atoms. The second kappa shape index (κ2) is 11.0. The van der Waals surface area contributed by atoms with Gasteiger partial charge >= 0.3 is 12.1 Å². The van der Waals surface area contributed by atoms with Gasteiger partial charge in [0, 0.05) is 0 Å². The molecule has 0 radical (unpaired) electrons. The van der Waals surface area contributed by atoms with Gasteiger partial charge in [-0.05, 0) is 52.0 Å². The van der Waals surface area contributed by atoms with E-state index in [0.717, 1.165) is 31.9 Å². The van der Waals surface area contributed by atoms with Crippen molar-refractivity contribution in [1.29, 1.82) is 0 Å². The molecule has 0 aliphatic carbocycles. The molecule has 45 heavy (non-hydrogen) atoms. The van der Waals surface area contributed by atoms with E-state index < -0.39 is 47.2 Å². The van der Waals surface area contributed by atoms with Gasteiger partial charge < -0.3 is 19.3 Å². The summed E-state index contributed by atoms with van der Waals surface area (Å²) in [6, 6.07) is 13.5. The maximum Gasteiger partial charge on any atom is 0.329 e. The normalized spacial score (nSPS) is 19.5. The number of nitrogens with zero attached hydrogens (tertiary/aromatic N) is 8. The molecule has 2 aliphatic heterocycles. The van der Waals surface area contributed by atoms with Crippen LogP contribution in [-0.2, 0) is 22.7 Å². The van der Waals surface area contributed by atoms with E-state index in [4.69, 9.17) is 0 Å². The van der Waals surface area contributed by atoms with Gasteiger partial charge in [0.15, 0.2) is 0 Å². The summed E-state index contributed by atoms with van der Waals surface area (Å²) in [5.41, 5.74) is 0.431. The Labute approximate surface area is 259 Å². The average molecular weight is 617 g/mol. The minimum Gasteiger partial charge on any atom is -0.389 e. The first kappa shape index (κ1) is 30.2. The Hall–Kier alpha value is -4.82. The van der Waals surface area contributed by atoms with E-state index in [2.05, 4.69) is 9.97 Å². The Morgan fingerprint density at radius 3 is 1.40 bits per heavy atom. The number of imide groups is 2. The number of urea groups is 2. The van der Waals surface area contributed by atoms with E-state index in [1.165, 1.54) is 9.80 Å². The Morgan fingerprint density at radius 2 is 1.00 bits per heavy atom. The number of carbonyl (C=O) groups excluding carboxylic acids is 4. The molecule has 2 aliphatic rings. The number of β-amino-alcohol motifs (C(OH)–C–C–N with tert-alkyl or cyclic N) is 2. The number of hydrogen-bond donors (Lipinski definition) is 2. The van der Waals surface area contributed by atoms with Gasteiger partial charge in [-0.25, -0.2) is 19.6 Å². The van der Waals surface area contributed by atoms with E-state index in [-0.39, 0.29) is 32.8 Å². The fourth-order valence-electron chi connectivity index (χ4n) is 6.08. The Bertz CT molecular complexity index is 1680. The van der Waals surface area contributed by atoms with Crippen molar-refractivity contribution in [3.8, 4) is 0 Å². The molecular weight excluding hydrogens is 580 g/mol. The predicted molar refractivity (Wildman–Crippen MR) is 162 cm³/mol. The topological polar surface area (TPSA) is 157 Å². The van der Waals surface area contributed by atoms with E-state index in [1.807, 2.05) is 48.5 Å². The molecule has 14 nitrogen and oxygen atoms in total. The van der Waals surface area contributed by atoms with Crippen molar-refractivity contribution in [2.45, 2.75) is 64.1 Å². The Balaban J connectivity index is 1.14. The lowest BCUT2D eigenvalue weighted by molar-refractivity contribution is -0.134. The van der Waals surface area contributed by atoms with Crippen LogP contribution >= 0.6 is 0 Å². The lowest BCUT2D eigenvalue weighted by Gasteiger charge is -2.36. The lowest BCUT2D eigenvalue weighted by Crippen LogP contribution is -2.55.